The lowest BCUT2D eigenvalue weighted by Crippen LogP contribution is -2.48. The highest BCUT2D eigenvalue weighted by molar-refractivity contribution is 5.76. The summed E-state index contributed by atoms with van der Waals surface area (Å²) in [5.41, 5.74) is 1.62. The minimum absolute atomic E-state index is 0.183. The molecule has 0 radical (unpaired) electrons. The van der Waals surface area contributed by atoms with Gasteiger partial charge >= 0.3 is 0 Å². The first-order valence-electron chi connectivity index (χ1n) is 10.4. The Bertz CT molecular complexity index is 1020. The van der Waals surface area contributed by atoms with Crippen molar-refractivity contribution in [2.24, 2.45) is 0 Å². The first-order valence-corrected chi connectivity index (χ1v) is 10.4. The van der Waals surface area contributed by atoms with E-state index in [0.717, 1.165) is 25.0 Å². The van der Waals surface area contributed by atoms with Crippen LogP contribution in [0.3, 0.4) is 0 Å². The minimum atomic E-state index is -0.946. The van der Waals surface area contributed by atoms with E-state index >= 15 is 0 Å². The topological polar surface area (TPSA) is 67.2 Å². The minimum Gasteiger partial charge on any atom is -0.340 e. The van der Waals surface area contributed by atoms with Gasteiger partial charge in [-0.15, -0.1) is 5.10 Å². The summed E-state index contributed by atoms with van der Waals surface area (Å²) in [5.74, 6) is -1.14. The zero-order valence-corrected chi connectivity index (χ0v) is 17.1. The van der Waals surface area contributed by atoms with Gasteiger partial charge in [-0.05, 0) is 41.0 Å². The second-order valence-electron chi connectivity index (χ2n) is 7.60. The van der Waals surface area contributed by atoms with E-state index in [1.54, 1.807) is 0 Å². The number of halogens is 2. The van der Waals surface area contributed by atoms with Gasteiger partial charge in [0.2, 0.25) is 5.91 Å². The van der Waals surface area contributed by atoms with E-state index in [0.29, 0.717) is 50.7 Å². The highest BCUT2D eigenvalue weighted by atomic mass is 19.2. The third-order valence-corrected chi connectivity index (χ3v) is 5.47. The summed E-state index contributed by atoms with van der Waals surface area (Å²) in [7, 11) is 0. The van der Waals surface area contributed by atoms with Gasteiger partial charge in [0, 0.05) is 38.7 Å². The standard InChI is InChI=1S/C22H24F2N6O/c23-19-10-9-18(15-20(19)24)30-21(25-26-27-30)16-28-11-13-29(14-12-28)22(31)8-4-7-17-5-2-1-3-6-17/h1-3,5-6,9-10,15H,4,7-8,11-14,16H2. The average Bonchev–Trinajstić information content (AvgIpc) is 3.25. The van der Waals surface area contributed by atoms with Crippen molar-refractivity contribution in [3.63, 3.8) is 0 Å². The lowest BCUT2D eigenvalue weighted by atomic mass is 10.1. The van der Waals surface area contributed by atoms with Crippen LogP contribution in [0.4, 0.5) is 8.78 Å². The second kappa shape index (κ2) is 9.74. The van der Waals surface area contributed by atoms with Gasteiger partial charge in [-0.1, -0.05) is 30.3 Å². The Labute approximate surface area is 179 Å². The average molecular weight is 426 g/mol. The van der Waals surface area contributed by atoms with E-state index in [1.165, 1.54) is 16.3 Å². The molecule has 1 fully saturated rings. The van der Waals surface area contributed by atoms with Crippen molar-refractivity contribution in [3.05, 3.63) is 71.6 Å². The van der Waals surface area contributed by atoms with E-state index in [4.69, 9.17) is 0 Å². The Morgan fingerprint density at radius 3 is 2.48 bits per heavy atom. The zero-order valence-electron chi connectivity index (χ0n) is 17.1. The molecule has 2 heterocycles. The number of benzene rings is 2. The number of rotatable bonds is 7. The van der Waals surface area contributed by atoms with Gasteiger partial charge in [0.1, 0.15) is 0 Å². The molecule has 0 saturated carbocycles. The molecule has 162 valence electrons. The largest absolute Gasteiger partial charge is 0.340 e. The molecule has 1 aromatic heterocycles. The number of carbonyl (C=O) groups is 1. The fourth-order valence-corrected chi connectivity index (χ4v) is 3.72. The molecule has 0 aliphatic carbocycles. The number of hydrogen-bond donors (Lipinski definition) is 0. The molecule has 4 rings (SSSR count). The fraction of sp³-hybridized carbons (Fsp3) is 0.364. The molecule has 7 nitrogen and oxygen atoms in total. The van der Waals surface area contributed by atoms with E-state index in [-0.39, 0.29) is 5.91 Å². The van der Waals surface area contributed by atoms with Gasteiger partial charge in [-0.3, -0.25) is 9.69 Å². The molecule has 0 atom stereocenters. The van der Waals surface area contributed by atoms with Crippen LogP contribution in [0, 0.1) is 11.6 Å². The maximum atomic E-state index is 13.6. The zero-order chi connectivity index (χ0) is 21.6. The summed E-state index contributed by atoms with van der Waals surface area (Å²) in [4.78, 5) is 16.6. The van der Waals surface area contributed by atoms with Crippen LogP contribution in [0.1, 0.15) is 24.2 Å². The van der Waals surface area contributed by atoms with Crippen LogP contribution in [0.5, 0.6) is 0 Å². The summed E-state index contributed by atoms with van der Waals surface area (Å²) >= 11 is 0. The Hall–Kier alpha value is -3.20. The van der Waals surface area contributed by atoms with Crippen molar-refractivity contribution in [3.8, 4) is 5.69 Å². The summed E-state index contributed by atoms with van der Waals surface area (Å²) < 4.78 is 28.2. The number of hydrogen-bond acceptors (Lipinski definition) is 5. The molecule has 1 saturated heterocycles. The predicted molar refractivity (Wildman–Crippen MR) is 110 cm³/mol. The Morgan fingerprint density at radius 1 is 0.968 bits per heavy atom. The Morgan fingerprint density at radius 2 is 1.74 bits per heavy atom. The molecule has 0 bridgehead atoms. The Balaban J connectivity index is 1.26. The number of aromatic nitrogens is 4. The van der Waals surface area contributed by atoms with E-state index in [2.05, 4.69) is 32.6 Å². The van der Waals surface area contributed by atoms with Crippen LogP contribution in [0.15, 0.2) is 48.5 Å². The molecule has 9 heteroatoms. The number of carbonyl (C=O) groups excluding carboxylic acids is 1. The summed E-state index contributed by atoms with van der Waals surface area (Å²) in [5, 5.41) is 11.6. The van der Waals surface area contributed by atoms with Gasteiger partial charge in [-0.2, -0.15) is 4.68 Å². The fourth-order valence-electron chi connectivity index (χ4n) is 3.72. The second-order valence-corrected chi connectivity index (χ2v) is 7.60. The van der Waals surface area contributed by atoms with Crippen molar-refractivity contribution in [1.29, 1.82) is 0 Å². The first kappa shape index (κ1) is 21.0. The number of aryl methyl sites for hydroxylation is 1. The third kappa shape index (κ3) is 5.29. The molecule has 0 unspecified atom stereocenters. The number of amides is 1. The van der Waals surface area contributed by atoms with Gasteiger partial charge in [0.05, 0.1) is 12.2 Å². The van der Waals surface area contributed by atoms with E-state index in [1.807, 2.05) is 23.1 Å². The summed E-state index contributed by atoms with van der Waals surface area (Å²) in [6.07, 6.45) is 2.29. The predicted octanol–water partition coefficient (Wildman–Crippen LogP) is 2.61. The van der Waals surface area contributed by atoms with Crippen LogP contribution in [-0.2, 0) is 17.8 Å². The van der Waals surface area contributed by atoms with Crippen molar-refractivity contribution in [2.45, 2.75) is 25.8 Å². The van der Waals surface area contributed by atoms with Crippen LogP contribution in [0.25, 0.3) is 5.69 Å². The SMILES string of the molecule is O=C(CCCc1ccccc1)N1CCN(Cc2nnnn2-c2ccc(F)c(F)c2)CC1. The lowest BCUT2D eigenvalue weighted by Gasteiger charge is -2.34. The molecule has 1 amide bonds. The lowest BCUT2D eigenvalue weighted by molar-refractivity contribution is -0.133. The highest BCUT2D eigenvalue weighted by Gasteiger charge is 2.22. The Kier molecular flexibility index (Phi) is 6.61. The molecular weight excluding hydrogens is 402 g/mol. The van der Waals surface area contributed by atoms with Gasteiger partial charge in [0.15, 0.2) is 17.5 Å². The highest BCUT2D eigenvalue weighted by Crippen LogP contribution is 2.15. The summed E-state index contributed by atoms with van der Waals surface area (Å²) in [6, 6.07) is 13.7. The van der Waals surface area contributed by atoms with Crippen LogP contribution in [-0.4, -0.2) is 62.1 Å². The van der Waals surface area contributed by atoms with Crippen LogP contribution < -0.4 is 0 Å². The van der Waals surface area contributed by atoms with Gasteiger partial charge in [-0.25, -0.2) is 8.78 Å². The number of piperazine rings is 1. The summed E-state index contributed by atoms with van der Waals surface area (Å²) in [6.45, 7) is 3.17. The first-order chi connectivity index (χ1) is 15.1. The normalized spacial score (nSPS) is 14.7. The molecule has 0 N–H and O–H groups in total. The maximum absolute atomic E-state index is 13.6. The van der Waals surface area contributed by atoms with Gasteiger partial charge < -0.3 is 4.90 Å². The molecule has 3 aromatic rings. The smallest absolute Gasteiger partial charge is 0.222 e. The maximum Gasteiger partial charge on any atom is 0.222 e. The molecule has 1 aliphatic rings. The molecule has 0 spiro atoms. The van der Waals surface area contributed by atoms with Crippen molar-refractivity contribution >= 4 is 5.91 Å². The van der Waals surface area contributed by atoms with Crippen molar-refractivity contribution < 1.29 is 13.6 Å². The molecule has 2 aromatic carbocycles. The van der Waals surface area contributed by atoms with Crippen LogP contribution >= 0.6 is 0 Å². The molecule has 31 heavy (non-hydrogen) atoms. The van der Waals surface area contributed by atoms with Gasteiger partial charge in [0.25, 0.3) is 0 Å². The van der Waals surface area contributed by atoms with Crippen molar-refractivity contribution in [1.82, 2.24) is 30.0 Å². The van der Waals surface area contributed by atoms with E-state index < -0.39 is 11.6 Å². The molecule has 1 aliphatic heterocycles. The number of nitrogens with zero attached hydrogens (tertiary/aromatic N) is 6. The monoisotopic (exact) mass is 426 g/mol. The van der Waals surface area contributed by atoms with E-state index in [9.17, 15) is 13.6 Å². The molecular formula is C22H24F2N6O. The van der Waals surface area contributed by atoms with Crippen molar-refractivity contribution in [2.75, 3.05) is 26.2 Å². The number of tetrazole rings is 1. The quantitative estimate of drug-likeness (QED) is 0.581. The third-order valence-electron chi connectivity index (χ3n) is 5.47. The van der Waals surface area contributed by atoms with Crippen LogP contribution in [0.2, 0.25) is 0 Å².